The highest BCUT2D eigenvalue weighted by Crippen LogP contribution is 2.21. The predicted octanol–water partition coefficient (Wildman–Crippen LogP) is 2.87. The fourth-order valence-corrected chi connectivity index (χ4v) is 1.91. The Labute approximate surface area is 119 Å². The van der Waals surface area contributed by atoms with Crippen LogP contribution in [-0.4, -0.2) is 30.4 Å². The van der Waals surface area contributed by atoms with E-state index in [0.717, 1.165) is 13.0 Å². The minimum atomic E-state index is -0.695. The average molecular weight is 287 g/mol. The highest BCUT2D eigenvalue weighted by atomic mass is 19.1. The van der Waals surface area contributed by atoms with Gasteiger partial charge in [0, 0.05) is 5.54 Å². The molecule has 0 aliphatic carbocycles. The highest BCUT2D eigenvalue weighted by molar-refractivity contribution is 5.25. The summed E-state index contributed by atoms with van der Waals surface area (Å²) in [6.45, 7) is 5.02. The molecule has 1 atom stereocenters. The second-order valence-electron chi connectivity index (χ2n) is 5.15. The molecule has 1 aromatic carbocycles. The quantitative estimate of drug-likeness (QED) is 0.686. The van der Waals surface area contributed by atoms with Crippen LogP contribution in [0.1, 0.15) is 33.1 Å². The van der Waals surface area contributed by atoms with E-state index in [1.54, 1.807) is 0 Å². The lowest BCUT2D eigenvalue weighted by Crippen LogP contribution is -2.46. The van der Waals surface area contributed by atoms with Crippen LogP contribution in [-0.2, 0) is 0 Å². The number of aliphatic hydroxyl groups is 1. The third-order valence-corrected chi connectivity index (χ3v) is 3.19. The minimum absolute atomic E-state index is 0.0149. The number of hydrogen-bond acceptors (Lipinski definition) is 3. The number of benzene rings is 1. The molecule has 5 heteroatoms. The standard InChI is InChI=1S/C15H23F2NO2/c1-3-9-18-15(2,11-19)8-5-10-20-14-12(16)6-4-7-13(14)17/h4,6-7,18-19H,3,5,8-11H2,1-2H3. The van der Waals surface area contributed by atoms with E-state index in [2.05, 4.69) is 12.2 Å². The van der Waals surface area contributed by atoms with E-state index >= 15 is 0 Å². The molecular formula is C15H23F2NO2. The fraction of sp³-hybridized carbons (Fsp3) is 0.600. The van der Waals surface area contributed by atoms with E-state index in [-0.39, 0.29) is 24.5 Å². The van der Waals surface area contributed by atoms with Crippen molar-refractivity contribution in [3.63, 3.8) is 0 Å². The van der Waals surface area contributed by atoms with Gasteiger partial charge in [0.15, 0.2) is 17.4 Å². The molecule has 0 spiro atoms. The van der Waals surface area contributed by atoms with Crippen molar-refractivity contribution >= 4 is 0 Å². The van der Waals surface area contributed by atoms with Gasteiger partial charge in [-0.2, -0.15) is 0 Å². The molecule has 0 heterocycles. The van der Waals surface area contributed by atoms with E-state index < -0.39 is 11.6 Å². The molecule has 0 radical (unpaired) electrons. The van der Waals surface area contributed by atoms with Crippen molar-refractivity contribution in [3.8, 4) is 5.75 Å². The number of aliphatic hydroxyl groups excluding tert-OH is 1. The summed E-state index contributed by atoms with van der Waals surface area (Å²) in [5.41, 5.74) is -0.382. The lowest BCUT2D eigenvalue weighted by molar-refractivity contribution is 0.155. The lowest BCUT2D eigenvalue weighted by atomic mass is 9.97. The number of halogens is 2. The van der Waals surface area contributed by atoms with Gasteiger partial charge in [-0.15, -0.1) is 0 Å². The summed E-state index contributed by atoms with van der Waals surface area (Å²) in [4.78, 5) is 0. The van der Waals surface area contributed by atoms with E-state index in [1.807, 2.05) is 6.92 Å². The van der Waals surface area contributed by atoms with Crippen molar-refractivity contribution in [1.82, 2.24) is 5.32 Å². The smallest absolute Gasteiger partial charge is 0.190 e. The number of nitrogens with one attached hydrogen (secondary N) is 1. The number of para-hydroxylation sites is 1. The van der Waals surface area contributed by atoms with Gasteiger partial charge < -0.3 is 15.2 Å². The Morgan fingerprint density at radius 3 is 2.50 bits per heavy atom. The van der Waals surface area contributed by atoms with Crippen molar-refractivity contribution in [2.24, 2.45) is 0 Å². The van der Waals surface area contributed by atoms with Gasteiger partial charge in [-0.3, -0.25) is 0 Å². The molecule has 0 saturated carbocycles. The first kappa shape index (κ1) is 16.9. The summed E-state index contributed by atoms with van der Waals surface area (Å²) in [6, 6.07) is 3.63. The summed E-state index contributed by atoms with van der Waals surface area (Å²) >= 11 is 0. The fourth-order valence-electron chi connectivity index (χ4n) is 1.91. The largest absolute Gasteiger partial charge is 0.488 e. The van der Waals surface area contributed by atoms with E-state index in [0.29, 0.717) is 12.8 Å². The van der Waals surface area contributed by atoms with Crippen LogP contribution in [0.2, 0.25) is 0 Å². The lowest BCUT2D eigenvalue weighted by Gasteiger charge is -2.28. The van der Waals surface area contributed by atoms with Crippen molar-refractivity contribution in [1.29, 1.82) is 0 Å². The first-order valence-corrected chi connectivity index (χ1v) is 6.95. The van der Waals surface area contributed by atoms with Gasteiger partial charge in [-0.1, -0.05) is 13.0 Å². The predicted molar refractivity (Wildman–Crippen MR) is 74.9 cm³/mol. The van der Waals surface area contributed by atoms with Crippen molar-refractivity contribution < 1.29 is 18.6 Å². The molecule has 1 aromatic rings. The Balaban J connectivity index is 2.40. The SMILES string of the molecule is CCCNC(C)(CO)CCCOc1c(F)cccc1F. The minimum Gasteiger partial charge on any atom is -0.488 e. The summed E-state index contributed by atoms with van der Waals surface area (Å²) in [7, 11) is 0. The molecule has 0 fully saturated rings. The monoisotopic (exact) mass is 287 g/mol. The molecule has 0 aliphatic heterocycles. The first-order chi connectivity index (χ1) is 9.52. The van der Waals surface area contributed by atoms with E-state index in [1.165, 1.54) is 18.2 Å². The van der Waals surface area contributed by atoms with Gasteiger partial charge in [0.05, 0.1) is 13.2 Å². The van der Waals surface area contributed by atoms with Crippen LogP contribution in [0.3, 0.4) is 0 Å². The molecule has 0 amide bonds. The maximum Gasteiger partial charge on any atom is 0.190 e. The Bertz CT molecular complexity index is 395. The van der Waals surface area contributed by atoms with Crippen molar-refractivity contribution in [3.05, 3.63) is 29.8 Å². The van der Waals surface area contributed by atoms with Crippen molar-refractivity contribution in [2.75, 3.05) is 19.8 Å². The first-order valence-electron chi connectivity index (χ1n) is 6.95. The zero-order valence-corrected chi connectivity index (χ0v) is 12.1. The molecule has 1 unspecified atom stereocenters. The van der Waals surface area contributed by atoms with Crippen LogP contribution in [0.15, 0.2) is 18.2 Å². The van der Waals surface area contributed by atoms with Gasteiger partial charge >= 0.3 is 0 Å². The van der Waals surface area contributed by atoms with Gasteiger partial charge in [-0.25, -0.2) is 8.78 Å². The zero-order valence-electron chi connectivity index (χ0n) is 12.1. The normalized spacial score (nSPS) is 14.1. The molecule has 0 aliphatic rings. The second-order valence-corrected chi connectivity index (χ2v) is 5.15. The topological polar surface area (TPSA) is 41.5 Å². The second kappa shape index (κ2) is 8.17. The third kappa shape index (κ3) is 5.06. The molecule has 114 valence electrons. The van der Waals surface area contributed by atoms with E-state index in [9.17, 15) is 13.9 Å². The van der Waals surface area contributed by atoms with Gasteiger partial charge in [-0.05, 0) is 44.9 Å². The van der Waals surface area contributed by atoms with Crippen LogP contribution in [0.5, 0.6) is 5.75 Å². The average Bonchev–Trinajstić information content (AvgIpc) is 2.44. The number of ether oxygens (including phenoxy) is 1. The summed E-state index contributed by atoms with van der Waals surface area (Å²) in [6.07, 6.45) is 2.24. The summed E-state index contributed by atoms with van der Waals surface area (Å²) in [5, 5.41) is 12.7. The molecule has 3 nitrogen and oxygen atoms in total. The van der Waals surface area contributed by atoms with Crippen LogP contribution in [0.4, 0.5) is 8.78 Å². The Morgan fingerprint density at radius 1 is 1.30 bits per heavy atom. The molecule has 0 aromatic heterocycles. The van der Waals surface area contributed by atoms with Gasteiger partial charge in [0.2, 0.25) is 0 Å². The highest BCUT2D eigenvalue weighted by Gasteiger charge is 2.21. The molecule has 0 saturated heterocycles. The van der Waals surface area contributed by atoms with Gasteiger partial charge in [0.25, 0.3) is 0 Å². The Morgan fingerprint density at radius 2 is 1.95 bits per heavy atom. The maximum atomic E-state index is 13.3. The molecule has 20 heavy (non-hydrogen) atoms. The van der Waals surface area contributed by atoms with Crippen LogP contribution in [0.25, 0.3) is 0 Å². The van der Waals surface area contributed by atoms with Crippen LogP contribution < -0.4 is 10.1 Å². The molecule has 1 rings (SSSR count). The third-order valence-electron chi connectivity index (χ3n) is 3.19. The molecule has 0 bridgehead atoms. The maximum absolute atomic E-state index is 13.3. The Hall–Kier alpha value is -1.20. The van der Waals surface area contributed by atoms with Crippen molar-refractivity contribution in [2.45, 2.75) is 38.6 Å². The molecule has 2 N–H and O–H groups in total. The van der Waals surface area contributed by atoms with Crippen LogP contribution >= 0.6 is 0 Å². The van der Waals surface area contributed by atoms with E-state index in [4.69, 9.17) is 4.74 Å². The zero-order chi connectivity index (χ0) is 15.0. The summed E-state index contributed by atoms with van der Waals surface area (Å²) < 4.78 is 31.8. The number of hydrogen-bond donors (Lipinski definition) is 2. The summed E-state index contributed by atoms with van der Waals surface area (Å²) in [5.74, 6) is -1.72. The van der Waals surface area contributed by atoms with Gasteiger partial charge in [0.1, 0.15) is 0 Å². The molecular weight excluding hydrogens is 264 g/mol. The van der Waals surface area contributed by atoms with Crippen LogP contribution in [0, 0.1) is 11.6 Å². The number of rotatable bonds is 9. The Kier molecular flexibility index (Phi) is 6.88.